The predicted molar refractivity (Wildman–Crippen MR) is 55.6 cm³/mol. The van der Waals surface area contributed by atoms with Crippen LogP contribution in [0.3, 0.4) is 0 Å². The summed E-state index contributed by atoms with van der Waals surface area (Å²) in [5, 5.41) is 2.13. The van der Waals surface area contributed by atoms with Crippen LogP contribution >= 0.6 is 23.7 Å². The maximum absolute atomic E-state index is 3.97. The van der Waals surface area contributed by atoms with Crippen molar-refractivity contribution in [2.75, 3.05) is 18.8 Å². The lowest BCUT2D eigenvalue weighted by molar-refractivity contribution is 0.548. The van der Waals surface area contributed by atoms with Crippen molar-refractivity contribution in [2.24, 2.45) is 0 Å². The van der Waals surface area contributed by atoms with Crippen LogP contribution in [-0.2, 0) is 0 Å². The van der Waals surface area contributed by atoms with Crippen molar-refractivity contribution in [2.45, 2.75) is 6.92 Å². The molecule has 0 fully saturated rings. The lowest BCUT2D eigenvalue weighted by atomic mass is 10.6. The highest BCUT2D eigenvalue weighted by Gasteiger charge is 2.05. The summed E-state index contributed by atoms with van der Waals surface area (Å²) >= 11 is 3.61. The normalized spacial score (nSPS) is 24.3. The zero-order chi connectivity index (χ0) is 8.10. The fraction of sp³-hybridized carbons (Fsp3) is 0.500. The number of hydrogen-bond donors (Lipinski definition) is 0. The Balaban J connectivity index is 2.46. The van der Waals surface area contributed by atoms with Crippen molar-refractivity contribution in [1.29, 1.82) is 0 Å². The quantitative estimate of drug-likeness (QED) is 0.581. The Labute approximate surface area is 77.1 Å². The van der Waals surface area contributed by atoms with Gasteiger partial charge in [0.25, 0.3) is 0 Å². The van der Waals surface area contributed by atoms with Crippen LogP contribution in [0.1, 0.15) is 6.92 Å². The number of likely N-dealkylation sites (N-methyl/N-ethyl adjacent to an activating group) is 1. The zero-order valence-electron chi connectivity index (χ0n) is 6.75. The lowest BCUT2D eigenvalue weighted by Crippen LogP contribution is -2.17. The molecule has 1 heterocycles. The van der Waals surface area contributed by atoms with E-state index in [1.807, 2.05) is 11.9 Å². The van der Waals surface area contributed by atoms with Gasteiger partial charge in [-0.1, -0.05) is 31.5 Å². The molecule has 3 heteroatoms. The van der Waals surface area contributed by atoms with Crippen molar-refractivity contribution < 1.29 is 0 Å². The van der Waals surface area contributed by atoms with Crippen LogP contribution in [0.2, 0.25) is 0 Å². The molecule has 0 bridgehead atoms. The third-order valence-electron chi connectivity index (χ3n) is 1.39. The largest absolute Gasteiger partial charge is 0.246 e. The molecule has 0 spiro atoms. The Kier molecular flexibility index (Phi) is 4.12. The van der Waals surface area contributed by atoms with Crippen LogP contribution in [0, 0.1) is 0 Å². The van der Waals surface area contributed by atoms with E-state index in [2.05, 4.69) is 29.3 Å². The Bertz CT molecular complexity index is 165. The predicted octanol–water partition coefficient (Wildman–Crippen LogP) is 2.73. The van der Waals surface area contributed by atoms with Crippen LogP contribution in [0.15, 0.2) is 23.0 Å². The molecule has 0 aromatic carbocycles. The molecule has 0 unspecified atom stereocenters. The zero-order valence-corrected chi connectivity index (χ0v) is 8.38. The summed E-state index contributed by atoms with van der Waals surface area (Å²) in [5.41, 5.74) is 0. The summed E-state index contributed by atoms with van der Waals surface area (Å²) < 4.78 is 2.33. The molecule has 0 saturated heterocycles. The fourth-order valence-corrected chi connectivity index (χ4v) is 2.46. The van der Waals surface area contributed by atoms with Gasteiger partial charge in [0.15, 0.2) is 0 Å². The Morgan fingerprint density at radius 2 is 2.55 bits per heavy atom. The Hall–Kier alpha value is 0.140. The van der Waals surface area contributed by atoms with Crippen molar-refractivity contribution >= 4 is 23.7 Å². The summed E-state index contributed by atoms with van der Waals surface area (Å²) in [6.45, 7) is 8.25. The highest BCUT2D eigenvalue weighted by molar-refractivity contribution is 8.06. The molecule has 1 nitrogen and oxygen atoms in total. The van der Waals surface area contributed by atoms with Gasteiger partial charge in [-0.05, 0) is 10.3 Å². The van der Waals surface area contributed by atoms with Gasteiger partial charge in [-0.2, -0.15) is 0 Å². The molecule has 1 rings (SSSR count). The van der Waals surface area contributed by atoms with E-state index in [-0.39, 0.29) is 0 Å². The third-order valence-corrected chi connectivity index (χ3v) is 3.27. The Morgan fingerprint density at radius 3 is 3.27 bits per heavy atom. The number of thioether (sulfide) groups is 1. The SMILES string of the molecule is C=C1CN(CC)SC/C=C\S1. The van der Waals surface area contributed by atoms with Crippen LogP contribution in [0.4, 0.5) is 0 Å². The lowest BCUT2D eigenvalue weighted by Gasteiger charge is -2.20. The summed E-state index contributed by atoms with van der Waals surface area (Å²) in [5.74, 6) is 1.09. The van der Waals surface area contributed by atoms with Crippen LogP contribution in [0.5, 0.6) is 0 Å². The van der Waals surface area contributed by atoms with E-state index < -0.39 is 0 Å². The average molecular weight is 187 g/mol. The van der Waals surface area contributed by atoms with Gasteiger partial charge in [0.05, 0.1) is 0 Å². The summed E-state index contributed by atoms with van der Waals surface area (Å²) in [6, 6.07) is 0. The molecule has 0 aromatic rings. The number of hydrogen-bond acceptors (Lipinski definition) is 3. The number of rotatable bonds is 1. The van der Waals surface area contributed by atoms with E-state index in [9.17, 15) is 0 Å². The van der Waals surface area contributed by atoms with E-state index in [1.54, 1.807) is 11.8 Å². The first-order valence-corrected chi connectivity index (χ1v) is 5.52. The second-order valence-corrected chi connectivity index (χ2v) is 4.47. The second-order valence-electron chi connectivity index (χ2n) is 2.28. The highest BCUT2D eigenvalue weighted by atomic mass is 32.2. The minimum atomic E-state index is 1.01. The van der Waals surface area contributed by atoms with Crippen molar-refractivity contribution in [3.05, 3.63) is 23.0 Å². The average Bonchev–Trinajstić information content (AvgIpc) is 1.96. The topological polar surface area (TPSA) is 3.24 Å². The Morgan fingerprint density at radius 1 is 1.73 bits per heavy atom. The number of nitrogens with zero attached hydrogens (tertiary/aromatic N) is 1. The van der Waals surface area contributed by atoms with E-state index in [0.29, 0.717) is 0 Å². The third kappa shape index (κ3) is 3.36. The molecule has 0 radical (unpaired) electrons. The van der Waals surface area contributed by atoms with E-state index in [4.69, 9.17) is 0 Å². The van der Waals surface area contributed by atoms with Gasteiger partial charge in [0, 0.05) is 18.8 Å². The molecule has 0 N–H and O–H groups in total. The second kappa shape index (κ2) is 4.91. The monoisotopic (exact) mass is 187 g/mol. The van der Waals surface area contributed by atoms with Crippen molar-refractivity contribution in [3.8, 4) is 0 Å². The first-order chi connectivity index (χ1) is 5.33. The molecule has 1 aliphatic rings. The standard InChI is InChI=1S/C8H13NS2/c1-3-9-7-8(2)10-5-4-6-11-9/h4-5H,2-3,6-7H2,1H3/b5-4-. The molecule has 11 heavy (non-hydrogen) atoms. The first kappa shape index (κ1) is 9.23. The summed E-state index contributed by atoms with van der Waals surface area (Å²) in [4.78, 5) is 1.23. The van der Waals surface area contributed by atoms with Gasteiger partial charge in [-0.15, -0.1) is 11.8 Å². The van der Waals surface area contributed by atoms with Gasteiger partial charge in [0.1, 0.15) is 0 Å². The van der Waals surface area contributed by atoms with Crippen LogP contribution in [0.25, 0.3) is 0 Å². The van der Waals surface area contributed by atoms with Gasteiger partial charge in [0.2, 0.25) is 0 Å². The minimum absolute atomic E-state index is 1.01. The maximum atomic E-state index is 3.97. The van der Waals surface area contributed by atoms with E-state index >= 15 is 0 Å². The molecular weight excluding hydrogens is 174 g/mol. The van der Waals surface area contributed by atoms with Crippen LogP contribution < -0.4 is 0 Å². The molecule has 0 aromatic heterocycles. The van der Waals surface area contributed by atoms with Gasteiger partial charge < -0.3 is 0 Å². The molecule has 1 aliphatic heterocycles. The molecular formula is C8H13NS2. The van der Waals surface area contributed by atoms with Crippen LogP contribution in [-0.4, -0.2) is 23.1 Å². The first-order valence-electron chi connectivity index (χ1n) is 3.70. The van der Waals surface area contributed by atoms with Gasteiger partial charge in [-0.25, -0.2) is 4.31 Å². The fourth-order valence-electron chi connectivity index (χ4n) is 0.815. The van der Waals surface area contributed by atoms with E-state index in [1.165, 1.54) is 4.91 Å². The van der Waals surface area contributed by atoms with Gasteiger partial charge >= 0.3 is 0 Å². The highest BCUT2D eigenvalue weighted by Crippen LogP contribution is 2.23. The minimum Gasteiger partial charge on any atom is -0.246 e. The van der Waals surface area contributed by atoms with Gasteiger partial charge in [-0.3, -0.25) is 0 Å². The molecule has 0 saturated carbocycles. The summed E-state index contributed by atoms with van der Waals surface area (Å²) in [7, 11) is 0. The molecule has 0 amide bonds. The maximum Gasteiger partial charge on any atom is 0.0397 e. The van der Waals surface area contributed by atoms with Crippen molar-refractivity contribution in [3.63, 3.8) is 0 Å². The summed E-state index contributed by atoms with van der Waals surface area (Å²) in [6.07, 6.45) is 2.18. The van der Waals surface area contributed by atoms with Crippen molar-refractivity contribution in [1.82, 2.24) is 4.31 Å². The smallest absolute Gasteiger partial charge is 0.0397 e. The molecule has 0 atom stereocenters. The van der Waals surface area contributed by atoms with E-state index in [0.717, 1.165) is 18.8 Å². The molecule has 62 valence electrons. The molecule has 0 aliphatic carbocycles.